The Kier molecular flexibility index (Phi) is 5.05. The van der Waals surface area contributed by atoms with Crippen molar-refractivity contribution in [1.29, 1.82) is 0 Å². The highest BCUT2D eigenvalue weighted by Crippen LogP contribution is 2.37. The van der Waals surface area contributed by atoms with E-state index < -0.39 is 5.66 Å². The second kappa shape index (κ2) is 7.58. The first kappa shape index (κ1) is 16.7. The smallest absolute Gasteiger partial charge is 0.224 e. The molecule has 0 atom stereocenters. The Morgan fingerprint density at radius 1 is 1.16 bits per heavy atom. The van der Waals surface area contributed by atoms with Crippen molar-refractivity contribution >= 4 is 11.6 Å². The van der Waals surface area contributed by atoms with E-state index in [4.69, 9.17) is 11.2 Å². The van der Waals surface area contributed by atoms with Crippen LogP contribution in [0.5, 0.6) is 11.6 Å². The summed E-state index contributed by atoms with van der Waals surface area (Å²) < 4.78 is 5.61. The molecule has 0 aliphatic carbocycles. The molecule has 0 spiro atoms. The van der Waals surface area contributed by atoms with Crippen LogP contribution >= 0.6 is 0 Å². The van der Waals surface area contributed by atoms with E-state index in [1.54, 1.807) is 36.5 Å². The van der Waals surface area contributed by atoms with Crippen LogP contribution < -0.4 is 10.1 Å². The van der Waals surface area contributed by atoms with Crippen molar-refractivity contribution in [2.75, 3.05) is 5.32 Å². The average molecular weight is 334 g/mol. The third-order valence-electron chi connectivity index (χ3n) is 3.80. The molecule has 1 aliphatic rings. The summed E-state index contributed by atoms with van der Waals surface area (Å²) in [6, 6.07) is 12.6. The topological polar surface area (TPSA) is 75.9 Å². The van der Waals surface area contributed by atoms with E-state index in [0.717, 1.165) is 0 Å². The Labute approximate surface area is 146 Å². The predicted octanol–water partition coefficient (Wildman–Crippen LogP) is 4.17. The predicted molar refractivity (Wildman–Crippen MR) is 94.3 cm³/mol. The minimum Gasteiger partial charge on any atom is -0.439 e. The number of rotatable bonds is 8. The van der Waals surface area contributed by atoms with Gasteiger partial charge in [0.1, 0.15) is 5.75 Å². The Balaban J connectivity index is 1.46. The number of terminal acetylenes is 1. The normalized spacial score (nSPS) is 13.7. The van der Waals surface area contributed by atoms with Gasteiger partial charge in [0.05, 0.1) is 0 Å². The molecule has 0 saturated carbocycles. The second-order valence-electron chi connectivity index (χ2n) is 5.73. The van der Waals surface area contributed by atoms with Gasteiger partial charge in [0.15, 0.2) is 5.66 Å². The monoisotopic (exact) mass is 334 g/mol. The standard InChI is InChI=1S/C19H18N4O2/c1-2-3-12-19(22-23-19)13-11-17(24)21-15-7-9-16(10-8-15)25-18-6-4-5-14-20-18/h1,4-10,14H,3,11-13H2,(H,21,24). The van der Waals surface area contributed by atoms with Gasteiger partial charge in [-0.3, -0.25) is 4.79 Å². The molecule has 0 radical (unpaired) electrons. The number of aromatic nitrogens is 1. The molecule has 1 aromatic heterocycles. The summed E-state index contributed by atoms with van der Waals surface area (Å²) >= 11 is 0. The summed E-state index contributed by atoms with van der Waals surface area (Å²) in [5.41, 5.74) is 0.283. The van der Waals surface area contributed by atoms with Gasteiger partial charge in [0.25, 0.3) is 0 Å². The molecule has 1 aliphatic heterocycles. The zero-order chi connectivity index (χ0) is 17.5. The molecule has 25 heavy (non-hydrogen) atoms. The second-order valence-corrected chi connectivity index (χ2v) is 5.73. The highest BCUT2D eigenvalue weighted by molar-refractivity contribution is 5.90. The minimum absolute atomic E-state index is 0.0734. The van der Waals surface area contributed by atoms with Crippen molar-refractivity contribution in [2.45, 2.75) is 31.3 Å². The molecule has 0 saturated heterocycles. The molecule has 2 heterocycles. The maximum Gasteiger partial charge on any atom is 0.224 e. The van der Waals surface area contributed by atoms with Crippen molar-refractivity contribution in [3.05, 3.63) is 48.7 Å². The maximum atomic E-state index is 12.1. The molecular formula is C19H18N4O2. The maximum absolute atomic E-state index is 12.1. The largest absolute Gasteiger partial charge is 0.439 e. The number of ether oxygens (including phenoxy) is 1. The first-order valence-corrected chi connectivity index (χ1v) is 8.05. The Morgan fingerprint density at radius 2 is 1.96 bits per heavy atom. The van der Waals surface area contributed by atoms with Gasteiger partial charge in [-0.25, -0.2) is 4.98 Å². The molecule has 1 N–H and O–H groups in total. The van der Waals surface area contributed by atoms with E-state index in [2.05, 4.69) is 26.4 Å². The fourth-order valence-corrected chi connectivity index (χ4v) is 2.34. The van der Waals surface area contributed by atoms with E-state index in [1.807, 2.05) is 12.1 Å². The minimum atomic E-state index is -0.426. The molecule has 2 aromatic rings. The van der Waals surface area contributed by atoms with Crippen LogP contribution in [0, 0.1) is 12.3 Å². The highest BCUT2D eigenvalue weighted by Gasteiger charge is 2.39. The fraction of sp³-hybridized carbons (Fsp3) is 0.263. The van der Waals surface area contributed by atoms with Crippen molar-refractivity contribution < 1.29 is 9.53 Å². The van der Waals surface area contributed by atoms with Crippen molar-refractivity contribution in [1.82, 2.24) is 4.98 Å². The van der Waals surface area contributed by atoms with Crippen molar-refractivity contribution in [3.8, 4) is 24.0 Å². The molecular weight excluding hydrogens is 316 g/mol. The van der Waals surface area contributed by atoms with Gasteiger partial charge in [-0.1, -0.05) is 6.07 Å². The third-order valence-corrected chi connectivity index (χ3v) is 3.80. The van der Waals surface area contributed by atoms with E-state index in [0.29, 0.717) is 43.0 Å². The number of carbonyl (C=O) groups excluding carboxylic acids is 1. The summed E-state index contributed by atoms with van der Waals surface area (Å²) in [6.07, 6.45) is 9.18. The van der Waals surface area contributed by atoms with Crippen molar-refractivity contribution in [3.63, 3.8) is 0 Å². The van der Waals surface area contributed by atoms with Crippen molar-refractivity contribution in [2.24, 2.45) is 10.2 Å². The zero-order valence-corrected chi connectivity index (χ0v) is 13.7. The number of carbonyl (C=O) groups is 1. The lowest BCUT2D eigenvalue weighted by molar-refractivity contribution is -0.116. The van der Waals surface area contributed by atoms with E-state index >= 15 is 0 Å². The van der Waals surface area contributed by atoms with Crippen LogP contribution in [-0.4, -0.2) is 16.6 Å². The van der Waals surface area contributed by atoms with Crippen LogP contribution in [-0.2, 0) is 4.79 Å². The Morgan fingerprint density at radius 3 is 2.60 bits per heavy atom. The van der Waals surface area contributed by atoms with Gasteiger partial charge < -0.3 is 10.1 Å². The van der Waals surface area contributed by atoms with Gasteiger partial charge in [-0.2, -0.15) is 10.2 Å². The van der Waals surface area contributed by atoms with Crippen LogP contribution in [0.15, 0.2) is 58.9 Å². The summed E-state index contributed by atoms with van der Waals surface area (Å²) in [7, 11) is 0. The molecule has 6 heteroatoms. The Hall–Kier alpha value is -3.20. The average Bonchev–Trinajstić information content (AvgIpc) is 3.41. The lowest BCUT2D eigenvalue weighted by Crippen LogP contribution is -2.17. The van der Waals surface area contributed by atoms with Crippen LogP contribution in [0.1, 0.15) is 25.7 Å². The summed E-state index contributed by atoms with van der Waals surface area (Å²) in [6.45, 7) is 0. The van der Waals surface area contributed by atoms with E-state index in [-0.39, 0.29) is 5.91 Å². The van der Waals surface area contributed by atoms with Gasteiger partial charge in [0.2, 0.25) is 11.8 Å². The van der Waals surface area contributed by atoms with Crippen LogP contribution in [0.3, 0.4) is 0 Å². The quantitative estimate of drug-likeness (QED) is 0.736. The number of nitrogens with one attached hydrogen (secondary N) is 1. The number of anilines is 1. The number of nitrogens with zero attached hydrogens (tertiary/aromatic N) is 3. The molecule has 0 fully saturated rings. The number of benzene rings is 1. The lowest BCUT2D eigenvalue weighted by Gasteiger charge is -2.10. The first-order chi connectivity index (χ1) is 12.2. The number of hydrogen-bond acceptors (Lipinski definition) is 5. The molecule has 6 nitrogen and oxygen atoms in total. The molecule has 3 rings (SSSR count). The molecule has 0 bridgehead atoms. The van der Waals surface area contributed by atoms with Gasteiger partial charge in [-0.05, 0) is 30.3 Å². The SMILES string of the molecule is C#CCCC1(CCC(=O)Nc2ccc(Oc3ccccn3)cc2)N=N1. The number of amides is 1. The third kappa shape index (κ3) is 4.88. The number of pyridine rings is 1. The van der Waals surface area contributed by atoms with Gasteiger partial charge in [0, 0.05) is 43.6 Å². The van der Waals surface area contributed by atoms with Gasteiger partial charge >= 0.3 is 0 Å². The zero-order valence-electron chi connectivity index (χ0n) is 13.7. The van der Waals surface area contributed by atoms with Crippen LogP contribution in [0.2, 0.25) is 0 Å². The summed E-state index contributed by atoms with van der Waals surface area (Å²) in [5.74, 6) is 3.68. The summed E-state index contributed by atoms with van der Waals surface area (Å²) in [4.78, 5) is 16.2. The van der Waals surface area contributed by atoms with E-state index in [1.165, 1.54) is 0 Å². The lowest BCUT2D eigenvalue weighted by atomic mass is 10.0. The molecule has 126 valence electrons. The van der Waals surface area contributed by atoms with E-state index in [9.17, 15) is 4.79 Å². The fourth-order valence-electron chi connectivity index (χ4n) is 2.34. The Bertz CT molecular complexity index is 788. The molecule has 1 amide bonds. The number of hydrogen-bond donors (Lipinski definition) is 1. The summed E-state index contributed by atoms with van der Waals surface area (Å²) in [5, 5.41) is 10.9. The molecule has 1 aromatic carbocycles. The first-order valence-electron chi connectivity index (χ1n) is 8.05. The molecule has 0 unspecified atom stereocenters. The van der Waals surface area contributed by atoms with Crippen LogP contribution in [0.25, 0.3) is 0 Å². The highest BCUT2D eigenvalue weighted by atomic mass is 16.5. The van der Waals surface area contributed by atoms with Gasteiger partial charge in [-0.15, -0.1) is 12.3 Å². The van der Waals surface area contributed by atoms with Crippen LogP contribution in [0.4, 0.5) is 5.69 Å².